The standard InChI is InChI=1S/C49H100B4N4O12/c1-41(2,17-25-54-37(50)58)62-29-21-45(9,10)66-33-49(34-67-46(11,12)22-30-63-42(3,4)18-26-55-38(51)59,35-68-47(13,14)23-31-64-43(5,6)19-27-56-39(52)60)36-69-48(15,16)24-32-65-44(7,8)20-28-57-40(53)61/h17-36,50-53H2,1-16H3,(H,54,58)(H,55,59)(H,56,60)(H,57,61). The normalized spacial score (nSPS) is 13.6. The molecular weight excluding hydrogens is 880 g/mol. The van der Waals surface area contributed by atoms with Crippen molar-refractivity contribution < 1.29 is 57.1 Å². The Morgan fingerprint density at radius 2 is 0.449 bits per heavy atom. The zero-order valence-electron chi connectivity index (χ0n) is 47.5. The molecule has 4 amide bonds. The Morgan fingerprint density at radius 1 is 0.290 bits per heavy atom. The molecule has 0 saturated heterocycles. The van der Waals surface area contributed by atoms with Gasteiger partial charge in [0.25, 0.3) is 0 Å². The fourth-order valence-corrected chi connectivity index (χ4v) is 6.67. The van der Waals surface area contributed by atoms with Crippen LogP contribution in [0.4, 0.5) is 19.2 Å². The van der Waals surface area contributed by atoms with E-state index in [1.165, 1.54) is 31.4 Å². The summed E-state index contributed by atoms with van der Waals surface area (Å²) in [5, 5.41) is 11.4. The third-order valence-electron chi connectivity index (χ3n) is 12.3. The first-order chi connectivity index (χ1) is 31.3. The lowest BCUT2D eigenvalue weighted by Gasteiger charge is -2.42. The van der Waals surface area contributed by atoms with Crippen LogP contribution >= 0.6 is 0 Å². The van der Waals surface area contributed by atoms with Gasteiger partial charge in [-0.05, 0) is 162 Å². The molecule has 0 radical (unpaired) electrons. The van der Waals surface area contributed by atoms with E-state index in [-0.39, 0.29) is 49.7 Å². The summed E-state index contributed by atoms with van der Waals surface area (Å²) >= 11 is 0. The highest BCUT2D eigenvalue weighted by Crippen LogP contribution is 2.33. The lowest BCUT2D eigenvalue weighted by Crippen LogP contribution is -2.49. The summed E-state index contributed by atoms with van der Waals surface area (Å²) in [6.45, 7) is 37.6. The van der Waals surface area contributed by atoms with Crippen LogP contribution in [0.5, 0.6) is 0 Å². The number of hydrogen-bond acceptors (Lipinski definition) is 12. The van der Waals surface area contributed by atoms with E-state index in [1.807, 2.05) is 55.4 Å². The average Bonchev–Trinajstić information content (AvgIpc) is 3.15. The molecule has 400 valence electrons. The van der Waals surface area contributed by atoms with Crippen LogP contribution in [0.1, 0.15) is 162 Å². The lowest BCUT2D eigenvalue weighted by atomic mass is 9.89. The highest BCUT2D eigenvalue weighted by molar-refractivity contribution is 6.57. The summed E-state index contributed by atoms with van der Waals surface area (Å²) in [7, 11) is 6.05. The van der Waals surface area contributed by atoms with Gasteiger partial charge in [0.05, 0.1) is 103 Å². The van der Waals surface area contributed by atoms with Gasteiger partial charge in [-0.25, -0.2) is 0 Å². The van der Waals surface area contributed by atoms with Gasteiger partial charge < -0.3 is 59.2 Å². The number of ether oxygens (including phenoxy) is 8. The first kappa shape index (κ1) is 66.8. The third-order valence-corrected chi connectivity index (χ3v) is 12.3. The maximum atomic E-state index is 11.5. The first-order valence-electron chi connectivity index (χ1n) is 25.4. The molecule has 0 aliphatic heterocycles. The zero-order chi connectivity index (χ0) is 53.4. The van der Waals surface area contributed by atoms with Crippen molar-refractivity contribution in [2.75, 3.05) is 79.0 Å². The van der Waals surface area contributed by atoms with E-state index < -0.39 is 50.2 Å². The molecule has 69 heavy (non-hydrogen) atoms. The minimum Gasteiger partial charge on any atom is -0.375 e. The molecule has 0 heterocycles. The molecule has 0 aromatic carbocycles. The van der Waals surface area contributed by atoms with Gasteiger partial charge in [0, 0.05) is 26.2 Å². The fourth-order valence-electron chi connectivity index (χ4n) is 6.67. The zero-order valence-corrected chi connectivity index (χ0v) is 47.5. The summed E-state index contributed by atoms with van der Waals surface area (Å²) in [5.74, 6) is -0.265. The number of hydrogen-bond donors (Lipinski definition) is 4. The van der Waals surface area contributed by atoms with Gasteiger partial charge in [-0.15, -0.1) is 0 Å². The van der Waals surface area contributed by atoms with E-state index in [4.69, 9.17) is 37.9 Å². The second-order valence-corrected chi connectivity index (χ2v) is 24.1. The van der Waals surface area contributed by atoms with Crippen LogP contribution in [-0.4, -0.2) is 178 Å². The van der Waals surface area contributed by atoms with E-state index in [0.29, 0.717) is 104 Å². The predicted octanol–water partition coefficient (Wildman–Crippen LogP) is 4.83. The second kappa shape index (κ2) is 30.1. The summed E-state index contributed by atoms with van der Waals surface area (Å²) in [4.78, 5) is 45.9. The van der Waals surface area contributed by atoms with Gasteiger partial charge in [0.15, 0.2) is 23.2 Å². The smallest absolute Gasteiger partial charge is 0.215 e. The fraction of sp³-hybridized carbons (Fsp3) is 0.918. The van der Waals surface area contributed by atoms with Gasteiger partial charge >= 0.3 is 0 Å². The summed E-state index contributed by atoms with van der Waals surface area (Å²) < 4.78 is 53.0. The molecule has 0 bridgehead atoms. The summed E-state index contributed by atoms with van der Waals surface area (Å²) in [6.07, 6.45) is 5.11. The topological polar surface area (TPSA) is 190 Å². The van der Waals surface area contributed by atoms with Crippen LogP contribution in [0.15, 0.2) is 0 Å². The minimum absolute atomic E-state index is 0.0662. The summed E-state index contributed by atoms with van der Waals surface area (Å²) in [6, 6.07) is 0. The van der Waals surface area contributed by atoms with Gasteiger partial charge in [-0.3, -0.25) is 19.2 Å². The molecule has 0 atom stereocenters. The van der Waals surface area contributed by atoms with E-state index in [2.05, 4.69) is 76.7 Å². The second-order valence-electron chi connectivity index (χ2n) is 24.1. The van der Waals surface area contributed by atoms with Crippen LogP contribution in [0.3, 0.4) is 0 Å². The largest absolute Gasteiger partial charge is 0.375 e. The molecule has 0 unspecified atom stereocenters. The highest BCUT2D eigenvalue weighted by Gasteiger charge is 2.41. The van der Waals surface area contributed by atoms with Crippen molar-refractivity contribution in [2.45, 2.75) is 207 Å². The molecule has 0 fully saturated rings. The average molecular weight is 981 g/mol. The molecule has 0 aliphatic carbocycles. The van der Waals surface area contributed by atoms with Gasteiger partial charge in [0.1, 0.15) is 0 Å². The SMILES string of the molecule is BC(=O)NCCC(C)(C)OCCC(C)(C)OCC(COC(C)(C)CCOC(C)(C)CCNC(B)=O)(COC(C)(C)CCOC(C)(C)CCNC(B)=O)COC(C)(C)CCOC(C)(C)CCNC(B)=O. The van der Waals surface area contributed by atoms with Gasteiger partial charge in [-0.2, -0.15) is 0 Å². The Labute approximate surface area is 423 Å². The monoisotopic (exact) mass is 981 g/mol. The molecule has 16 nitrogen and oxygen atoms in total. The Balaban J connectivity index is 6.66. The van der Waals surface area contributed by atoms with E-state index in [9.17, 15) is 19.2 Å². The molecule has 0 rings (SSSR count). The van der Waals surface area contributed by atoms with Gasteiger partial charge in [-0.1, -0.05) is 0 Å². The van der Waals surface area contributed by atoms with Crippen LogP contribution in [0.2, 0.25) is 0 Å². The van der Waals surface area contributed by atoms with Crippen molar-refractivity contribution in [1.29, 1.82) is 0 Å². The van der Waals surface area contributed by atoms with Crippen molar-refractivity contribution in [3.05, 3.63) is 0 Å². The number of amides is 4. The quantitative estimate of drug-likeness (QED) is 0.0614. The lowest BCUT2D eigenvalue weighted by molar-refractivity contribution is -0.197. The Bertz CT molecular complexity index is 1310. The predicted molar refractivity (Wildman–Crippen MR) is 287 cm³/mol. The molecule has 4 N–H and O–H groups in total. The Hall–Kier alpha value is -2.18. The molecule has 20 heteroatoms. The molecule has 0 spiro atoms. The number of nitrogens with one attached hydrogen (secondary N) is 4. The Kier molecular flexibility index (Phi) is 29.2. The maximum Gasteiger partial charge on any atom is 0.215 e. The third kappa shape index (κ3) is 36.4. The van der Waals surface area contributed by atoms with Gasteiger partial charge in [0.2, 0.25) is 31.4 Å². The highest BCUT2D eigenvalue weighted by atomic mass is 16.6. The Morgan fingerprint density at radius 3 is 0.609 bits per heavy atom. The number of rotatable bonds is 40. The van der Waals surface area contributed by atoms with Crippen molar-refractivity contribution in [1.82, 2.24) is 21.3 Å². The van der Waals surface area contributed by atoms with Crippen molar-refractivity contribution in [3.63, 3.8) is 0 Å². The number of carbonyl (C=O) groups excluding carboxylic acids is 4. The van der Waals surface area contributed by atoms with E-state index in [1.54, 1.807) is 0 Å². The minimum atomic E-state index is -0.795. The molecule has 0 aromatic rings. The van der Waals surface area contributed by atoms with Crippen molar-refractivity contribution in [2.24, 2.45) is 5.41 Å². The molecule has 0 saturated carbocycles. The van der Waals surface area contributed by atoms with E-state index >= 15 is 0 Å². The maximum absolute atomic E-state index is 11.5. The van der Waals surface area contributed by atoms with Crippen molar-refractivity contribution >= 4 is 54.6 Å². The van der Waals surface area contributed by atoms with Crippen LogP contribution in [0, 0.1) is 5.41 Å². The molecule has 0 aromatic heterocycles. The molecular formula is C49H100B4N4O12. The van der Waals surface area contributed by atoms with Crippen LogP contribution in [-0.2, 0) is 37.9 Å². The number of carbonyl (C=O) groups is 4. The van der Waals surface area contributed by atoms with Crippen LogP contribution < -0.4 is 21.3 Å². The molecule has 0 aliphatic rings. The van der Waals surface area contributed by atoms with Crippen LogP contribution in [0.25, 0.3) is 0 Å². The van der Waals surface area contributed by atoms with Crippen molar-refractivity contribution in [3.8, 4) is 0 Å². The first-order valence-corrected chi connectivity index (χ1v) is 25.4. The summed E-state index contributed by atoms with van der Waals surface area (Å²) in [5.41, 5.74) is -5.00. The van der Waals surface area contributed by atoms with E-state index in [0.717, 1.165) is 0 Å².